The zero-order chi connectivity index (χ0) is 25.0. The summed E-state index contributed by atoms with van der Waals surface area (Å²) in [5, 5.41) is 6.18. The highest BCUT2D eigenvalue weighted by molar-refractivity contribution is 5.90. The van der Waals surface area contributed by atoms with E-state index in [9.17, 15) is 14.0 Å². The van der Waals surface area contributed by atoms with Gasteiger partial charge in [0.1, 0.15) is 6.10 Å². The molecule has 0 saturated carbocycles. The molecule has 0 spiro atoms. The maximum Gasteiger partial charge on any atom is 0.414 e. The Morgan fingerprint density at radius 2 is 1.57 bits per heavy atom. The van der Waals surface area contributed by atoms with Crippen LogP contribution >= 0.6 is 0 Å². The van der Waals surface area contributed by atoms with Gasteiger partial charge in [-0.05, 0) is 47.4 Å². The smallest absolute Gasteiger partial charge is 0.414 e. The van der Waals surface area contributed by atoms with Crippen LogP contribution in [-0.4, -0.2) is 44.9 Å². The monoisotopic (exact) mass is 477 g/mol. The van der Waals surface area contributed by atoms with Gasteiger partial charge >= 0.3 is 6.09 Å². The lowest BCUT2D eigenvalue weighted by Crippen LogP contribution is -2.33. The molecule has 35 heavy (non-hydrogen) atoms. The van der Waals surface area contributed by atoms with Crippen molar-refractivity contribution < 1.29 is 18.7 Å². The summed E-state index contributed by atoms with van der Waals surface area (Å²) < 4.78 is 14.8. The first-order valence-corrected chi connectivity index (χ1v) is 11.6. The van der Waals surface area contributed by atoms with Crippen molar-refractivity contribution in [2.75, 3.05) is 31.7 Å². The molecule has 0 bridgehead atoms. The van der Waals surface area contributed by atoms with E-state index in [0.717, 1.165) is 36.3 Å². The highest BCUT2D eigenvalue weighted by Crippen LogP contribution is 2.26. The van der Waals surface area contributed by atoms with E-state index in [1.807, 2.05) is 30.3 Å². The molecule has 1 aliphatic rings. The molecule has 3 aromatic carbocycles. The van der Waals surface area contributed by atoms with Gasteiger partial charge in [0.15, 0.2) is 0 Å². The number of carbonyl (C=O) groups is 2. The number of amides is 2. The van der Waals surface area contributed by atoms with Crippen LogP contribution in [0.3, 0.4) is 0 Å². The molecule has 1 heterocycles. The molecule has 1 aliphatic heterocycles. The molecule has 0 aromatic heterocycles. The maximum absolute atomic E-state index is 12.2. The molecule has 1 atom stereocenters. The lowest BCUT2D eigenvalue weighted by Gasteiger charge is -2.14. The summed E-state index contributed by atoms with van der Waals surface area (Å²) >= 11 is 0. The number of rotatable bonds is 9. The van der Waals surface area contributed by atoms with Gasteiger partial charge in [-0.25, -0.2) is 4.79 Å². The van der Waals surface area contributed by atoms with Gasteiger partial charge in [0.2, 0.25) is 5.91 Å². The number of hydrogen-bond donors (Lipinski definition) is 2. The minimum atomic E-state index is -0.386. The number of nitrogens with one attached hydrogen (secondary N) is 2. The predicted octanol–water partition coefficient (Wildman–Crippen LogP) is 4.73. The molecule has 0 aliphatic carbocycles. The molecule has 7 heteroatoms. The van der Waals surface area contributed by atoms with Crippen LogP contribution in [0.25, 0.3) is 11.1 Å². The second kappa shape index (κ2) is 13.2. The minimum Gasteiger partial charge on any atom is -0.442 e. The molecule has 0 radical (unpaired) electrons. The van der Waals surface area contributed by atoms with Crippen molar-refractivity contribution in [1.29, 1.82) is 0 Å². The van der Waals surface area contributed by atoms with E-state index >= 15 is 0 Å². The molecule has 2 amide bonds. The van der Waals surface area contributed by atoms with Crippen molar-refractivity contribution >= 4 is 17.7 Å². The zero-order valence-corrected chi connectivity index (χ0v) is 20.2. The van der Waals surface area contributed by atoms with E-state index in [4.69, 9.17) is 4.74 Å². The van der Waals surface area contributed by atoms with Crippen LogP contribution in [0, 0.1) is 0 Å². The summed E-state index contributed by atoms with van der Waals surface area (Å²) in [7, 11) is 0.500. The first-order valence-electron chi connectivity index (χ1n) is 11.6. The third-order valence-corrected chi connectivity index (χ3v) is 5.68. The molecule has 4 rings (SSSR count). The number of hydrogen-bond acceptors (Lipinski definition) is 4. The summed E-state index contributed by atoms with van der Waals surface area (Å²) in [5.41, 5.74) is 5.60. The number of benzene rings is 3. The predicted molar refractivity (Wildman–Crippen MR) is 137 cm³/mol. The van der Waals surface area contributed by atoms with Gasteiger partial charge in [-0.2, -0.15) is 0 Å². The average molecular weight is 478 g/mol. The first kappa shape index (κ1) is 25.9. The fourth-order valence-corrected chi connectivity index (χ4v) is 3.86. The van der Waals surface area contributed by atoms with Gasteiger partial charge in [0.25, 0.3) is 0 Å². The lowest BCUT2D eigenvalue weighted by molar-refractivity contribution is -0.119. The van der Waals surface area contributed by atoms with E-state index in [1.54, 1.807) is 4.90 Å². The minimum absolute atomic E-state index is 0.136. The number of alkyl halides is 1. The van der Waals surface area contributed by atoms with Crippen molar-refractivity contribution in [2.24, 2.45) is 0 Å². The molecular formula is C28H32FN3O3. The highest BCUT2D eigenvalue weighted by Gasteiger charge is 2.32. The molecule has 1 unspecified atom stereocenters. The SMILES string of the molecule is CC(=O)NCC1CN(c2ccc(-c3ccc(CCNCc4ccccc4)cc3)cc2)C(=O)O1.CF. The van der Waals surface area contributed by atoms with Crippen LogP contribution in [0.1, 0.15) is 18.1 Å². The molecule has 1 fully saturated rings. The van der Waals surface area contributed by atoms with E-state index in [1.165, 1.54) is 18.1 Å². The first-order chi connectivity index (χ1) is 17.1. The third-order valence-electron chi connectivity index (χ3n) is 5.68. The number of nitrogens with zero attached hydrogens (tertiary/aromatic N) is 1. The van der Waals surface area contributed by atoms with Gasteiger partial charge in [-0.3, -0.25) is 14.1 Å². The van der Waals surface area contributed by atoms with Crippen LogP contribution in [0.4, 0.5) is 14.9 Å². The Balaban J connectivity index is 0.00000167. The van der Waals surface area contributed by atoms with Gasteiger partial charge in [0, 0.05) is 19.2 Å². The average Bonchev–Trinajstić information content (AvgIpc) is 3.28. The van der Waals surface area contributed by atoms with Crippen LogP contribution in [0.2, 0.25) is 0 Å². The molecular weight excluding hydrogens is 445 g/mol. The Morgan fingerprint density at radius 1 is 0.943 bits per heavy atom. The lowest BCUT2D eigenvalue weighted by atomic mass is 10.0. The van der Waals surface area contributed by atoms with E-state index in [-0.39, 0.29) is 18.1 Å². The van der Waals surface area contributed by atoms with Crippen molar-refractivity contribution in [3.05, 3.63) is 90.0 Å². The zero-order valence-electron chi connectivity index (χ0n) is 20.2. The number of halogens is 1. The van der Waals surface area contributed by atoms with E-state index in [0.29, 0.717) is 20.3 Å². The second-order valence-electron chi connectivity index (χ2n) is 8.21. The normalized spacial score (nSPS) is 14.7. The Kier molecular flexibility index (Phi) is 9.80. The number of carbonyl (C=O) groups excluding carboxylic acids is 2. The van der Waals surface area contributed by atoms with Crippen molar-refractivity contribution in [3.63, 3.8) is 0 Å². The topological polar surface area (TPSA) is 70.7 Å². The second-order valence-corrected chi connectivity index (χ2v) is 8.21. The van der Waals surface area contributed by atoms with Gasteiger partial charge < -0.3 is 15.4 Å². The van der Waals surface area contributed by atoms with Gasteiger partial charge in [0.05, 0.1) is 20.3 Å². The van der Waals surface area contributed by atoms with Crippen molar-refractivity contribution in [2.45, 2.75) is 26.0 Å². The van der Waals surface area contributed by atoms with Gasteiger partial charge in [-0.1, -0.05) is 66.7 Å². The summed E-state index contributed by atoms with van der Waals surface area (Å²) in [6.07, 6.45) is 0.252. The van der Waals surface area contributed by atoms with E-state index in [2.05, 4.69) is 59.2 Å². The summed E-state index contributed by atoms with van der Waals surface area (Å²) in [4.78, 5) is 24.9. The standard InChI is InChI=1S/C27H29N3O3.CH3F/c1-20(31)29-18-26-19-30(27(32)33-26)25-13-11-24(12-14-25)23-9-7-21(8-10-23)15-16-28-17-22-5-3-2-4-6-22;1-2/h2-14,26,28H,15-19H2,1H3,(H,29,31);1H3. The maximum atomic E-state index is 12.2. The quantitative estimate of drug-likeness (QED) is 0.437. The van der Waals surface area contributed by atoms with Crippen molar-refractivity contribution in [3.8, 4) is 11.1 Å². The van der Waals surface area contributed by atoms with Crippen LogP contribution in [-0.2, 0) is 22.5 Å². The Morgan fingerprint density at radius 3 is 2.20 bits per heavy atom. The Bertz CT molecular complexity index is 1070. The van der Waals surface area contributed by atoms with Crippen molar-refractivity contribution in [1.82, 2.24) is 10.6 Å². The summed E-state index contributed by atoms with van der Waals surface area (Å²) in [6, 6.07) is 26.9. The molecule has 3 aromatic rings. The number of anilines is 1. The van der Waals surface area contributed by atoms with E-state index < -0.39 is 0 Å². The van der Waals surface area contributed by atoms with Gasteiger partial charge in [-0.15, -0.1) is 0 Å². The Hall–Kier alpha value is -3.71. The molecule has 184 valence electrons. The summed E-state index contributed by atoms with van der Waals surface area (Å²) in [5.74, 6) is -0.136. The molecule has 2 N–H and O–H groups in total. The largest absolute Gasteiger partial charge is 0.442 e. The summed E-state index contributed by atoms with van der Waals surface area (Å²) in [6.45, 7) is 4.00. The highest BCUT2D eigenvalue weighted by atomic mass is 19.1. The molecule has 1 saturated heterocycles. The number of cyclic esters (lactones) is 1. The van der Waals surface area contributed by atoms with Crippen LogP contribution in [0.5, 0.6) is 0 Å². The number of ether oxygens (including phenoxy) is 1. The van der Waals surface area contributed by atoms with Crippen LogP contribution < -0.4 is 15.5 Å². The molecule has 6 nitrogen and oxygen atoms in total. The Labute approximate surface area is 206 Å². The van der Waals surface area contributed by atoms with Crippen LogP contribution in [0.15, 0.2) is 78.9 Å². The fourth-order valence-electron chi connectivity index (χ4n) is 3.86. The fraction of sp³-hybridized carbons (Fsp3) is 0.286. The third kappa shape index (κ3) is 7.65.